The van der Waals surface area contributed by atoms with Crippen LogP contribution >= 0.6 is 0 Å². The van der Waals surface area contributed by atoms with Gasteiger partial charge in [0.25, 0.3) is 0 Å². The lowest BCUT2D eigenvalue weighted by Crippen LogP contribution is -2.27. The molecular formula is C13H16N4O3S. The van der Waals surface area contributed by atoms with E-state index in [2.05, 4.69) is 15.2 Å². The van der Waals surface area contributed by atoms with E-state index in [1.54, 1.807) is 25.1 Å². The van der Waals surface area contributed by atoms with Gasteiger partial charge in [-0.1, -0.05) is 0 Å². The Bertz CT molecular complexity index is 769. The van der Waals surface area contributed by atoms with Crippen molar-refractivity contribution < 1.29 is 13.2 Å². The van der Waals surface area contributed by atoms with E-state index in [4.69, 9.17) is 4.74 Å². The molecule has 0 aliphatic carbocycles. The predicted molar refractivity (Wildman–Crippen MR) is 75.4 cm³/mol. The number of aromatic amines is 1. The first-order valence-corrected chi connectivity index (χ1v) is 8.01. The summed E-state index contributed by atoms with van der Waals surface area (Å²) in [6, 6.07) is 4.95. The summed E-state index contributed by atoms with van der Waals surface area (Å²) in [5.74, 6) is 1.87. The summed E-state index contributed by atoms with van der Waals surface area (Å²) >= 11 is 0. The number of aromatic nitrogens is 3. The Morgan fingerprint density at radius 1 is 1.43 bits per heavy atom. The fraction of sp³-hybridized carbons (Fsp3) is 0.385. The van der Waals surface area contributed by atoms with E-state index in [-0.39, 0.29) is 11.4 Å². The lowest BCUT2D eigenvalue weighted by molar-refractivity contribution is 0.356. The van der Waals surface area contributed by atoms with E-state index >= 15 is 0 Å². The molecule has 1 aliphatic rings. The molecule has 1 aliphatic heterocycles. The molecule has 21 heavy (non-hydrogen) atoms. The number of benzene rings is 1. The molecule has 8 heteroatoms. The van der Waals surface area contributed by atoms with Crippen molar-refractivity contribution in [1.82, 2.24) is 19.5 Å². The van der Waals surface area contributed by atoms with Crippen molar-refractivity contribution in [3.05, 3.63) is 35.4 Å². The van der Waals surface area contributed by atoms with Crippen LogP contribution in [0.4, 0.5) is 0 Å². The van der Waals surface area contributed by atoms with Gasteiger partial charge < -0.3 is 4.74 Å². The fourth-order valence-electron chi connectivity index (χ4n) is 2.25. The monoisotopic (exact) mass is 308 g/mol. The van der Waals surface area contributed by atoms with E-state index in [9.17, 15) is 8.42 Å². The zero-order valence-corrected chi connectivity index (χ0v) is 12.6. The average Bonchev–Trinajstić information content (AvgIpc) is 3.06. The summed E-state index contributed by atoms with van der Waals surface area (Å²) in [7, 11) is -2.05. The van der Waals surface area contributed by atoms with Gasteiger partial charge in [0.2, 0.25) is 10.0 Å². The Kier molecular flexibility index (Phi) is 3.42. The van der Waals surface area contributed by atoms with E-state index in [1.807, 2.05) is 0 Å². The van der Waals surface area contributed by atoms with Gasteiger partial charge in [-0.05, 0) is 30.7 Å². The number of H-pyrrole nitrogens is 1. The van der Waals surface area contributed by atoms with Gasteiger partial charge >= 0.3 is 0 Å². The zero-order chi connectivity index (χ0) is 15.0. The van der Waals surface area contributed by atoms with Gasteiger partial charge in [0.15, 0.2) is 5.82 Å². The number of hydrogen-bond donors (Lipinski definition) is 1. The SMILES string of the molecule is Cc1nc(CN(C)S(=O)(=O)c2ccc3c(c2)CCO3)n[nH]1. The van der Waals surface area contributed by atoms with Crippen molar-refractivity contribution in [2.24, 2.45) is 0 Å². The van der Waals surface area contributed by atoms with Gasteiger partial charge in [0.1, 0.15) is 11.6 Å². The van der Waals surface area contributed by atoms with Crippen molar-refractivity contribution in [1.29, 1.82) is 0 Å². The van der Waals surface area contributed by atoms with Gasteiger partial charge in [-0.25, -0.2) is 13.4 Å². The minimum absolute atomic E-state index is 0.125. The standard InChI is InChI=1S/C13H16N4O3S/c1-9-14-13(16-15-9)8-17(2)21(18,19)11-3-4-12-10(7-11)5-6-20-12/h3-4,7H,5-6,8H2,1-2H3,(H,14,15,16). The maximum absolute atomic E-state index is 12.6. The highest BCUT2D eigenvalue weighted by Crippen LogP contribution is 2.28. The van der Waals surface area contributed by atoms with Crippen molar-refractivity contribution in [3.8, 4) is 5.75 Å². The van der Waals surface area contributed by atoms with Gasteiger partial charge in [0.05, 0.1) is 18.0 Å². The van der Waals surface area contributed by atoms with Crippen LogP contribution in [0.25, 0.3) is 0 Å². The molecule has 0 saturated heterocycles. The highest BCUT2D eigenvalue weighted by molar-refractivity contribution is 7.89. The van der Waals surface area contributed by atoms with Crippen LogP contribution in [0.5, 0.6) is 5.75 Å². The molecule has 0 saturated carbocycles. The van der Waals surface area contributed by atoms with Gasteiger partial charge in [-0.2, -0.15) is 9.40 Å². The molecule has 2 heterocycles. The lowest BCUT2D eigenvalue weighted by Gasteiger charge is -2.16. The maximum atomic E-state index is 12.6. The molecular weight excluding hydrogens is 292 g/mol. The van der Waals surface area contributed by atoms with Gasteiger partial charge in [-0.15, -0.1) is 0 Å². The maximum Gasteiger partial charge on any atom is 0.243 e. The third-order valence-corrected chi connectivity index (χ3v) is 5.18. The Hall–Kier alpha value is -1.93. The molecule has 0 fully saturated rings. The third kappa shape index (κ3) is 2.64. The van der Waals surface area contributed by atoms with Crippen molar-refractivity contribution in [3.63, 3.8) is 0 Å². The smallest absolute Gasteiger partial charge is 0.243 e. The number of nitrogens with one attached hydrogen (secondary N) is 1. The first-order valence-electron chi connectivity index (χ1n) is 6.57. The summed E-state index contributed by atoms with van der Waals surface area (Å²) in [4.78, 5) is 4.39. The number of fused-ring (bicyclic) bond motifs is 1. The van der Waals surface area contributed by atoms with E-state index < -0.39 is 10.0 Å². The molecule has 0 radical (unpaired) electrons. The van der Waals surface area contributed by atoms with Crippen LogP contribution in [-0.4, -0.2) is 41.6 Å². The minimum Gasteiger partial charge on any atom is -0.493 e. The van der Waals surface area contributed by atoms with Gasteiger partial charge in [-0.3, -0.25) is 5.10 Å². The van der Waals surface area contributed by atoms with Crippen LogP contribution in [0.2, 0.25) is 0 Å². The van der Waals surface area contributed by atoms with Gasteiger partial charge in [0, 0.05) is 13.5 Å². The van der Waals surface area contributed by atoms with Crippen LogP contribution in [0, 0.1) is 6.92 Å². The summed E-state index contributed by atoms with van der Waals surface area (Å²) in [5.41, 5.74) is 0.929. The largest absolute Gasteiger partial charge is 0.493 e. The molecule has 1 aromatic heterocycles. The Morgan fingerprint density at radius 2 is 2.24 bits per heavy atom. The molecule has 1 aromatic carbocycles. The molecule has 1 N–H and O–H groups in total. The number of rotatable bonds is 4. The highest BCUT2D eigenvalue weighted by atomic mass is 32.2. The molecule has 112 valence electrons. The van der Waals surface area contributed by atoms with Crippen LogP contribution in [0.3, 0.4) is 0 Å². The molecule has 3 rings (SSSR count). The molecule has 2 aromatic rings. The molecule has 0 atom stereocenters. The second kappa shape index (κ2) is 5.12. The summed E-state index contributed by atoms with van der Waals surface area (Å²) in [6.45, 7) is 2.50. The second-order valence-electron chi connectivity index (χ2n) is 4.97. The summed E-state index contributed by atoms with van der Waals surface area (Å²) in [6.07, 6.45) is 0.739. The summed E-state index contributed by atoms with van der Waals surface area (Å²) < 4.78 is 31.8. The topological polar surface area (TPSA) is 88.2 Å². The minimum atomic E-state index is -3.57. The number of aryl methyl sites for hydroxylation is 1. The van der Waals surface area contributed by atoms with Crippen LogP contribution < -0.4 is 4.74 Å². The zero-order valence-electron chi connectivity index (χ0n) is 11.8. The number of sulfonamides is 1. The Balaban J connectivity index is 1.85. The molecule has 0 spiro atoms. The van der Waals surface area contributed by atoms with Crippen molar-refractivity contribution in [2.75, 3.05) is 13.7 Å². The number of nitrogens with zero attached hydrogens (tertiary/aromatic N) is 3. The number of ether oxygens (including phenoxy) is 1. The Morgan fingerprint density at radius 3 is 2.95 bits per heavy atom. The first kappa shape index (κ1) is 14.0. The van der Waals surface area contributed by atoms with Crippen molar-refractivity contribution >= 4 is 10.0 Å². The quantitative estimate of drug-likeness (QED) is 0.905. The first-order chi connectivity index (χ1) is 9.96. The Labute approximate surface area is 123 Å². The fourth-order valence-corrected chi connectivity index (χ4v) is 3.42. The molecule has 7 nitrogen and oxygen atoms in total. The van der Waals surface area contributed by atoms with Crippen LogP contribution in [0.1, 0.15) is 17.2 Å². The third-order valence-electron chi connectivity index (χ3n) is 3.38. The van der Waals surface area contributed by atoms with Crippen molar-refractivity contribution in [2.45, 2.75) is 24.8 Å². The summed E-state index contributed by atoms with van der Waals surface area (Å²) in [5, 5.41) is 6.66. The number of hydrogen-bond acceptors (Lipinski definition) is 5. The predicted octanol–water partition coefficient (Wildman–Crippen LogP) is 0.869. The normalized spacial score (nSPS) is 14.2. The highest BCUT2D eigenvalue weighted by Gasteiger charge is 2.24. The molecule has 0 bridgehead atoms. The second-order valence-corrected chi connectivity index (χ2v) is 7.01. The van der Waals surface area contributed by atoms with Crippen LogP contribution in [0.15, 0.2) is 23.1 Å². The lowest BCUT2D eigenvalue weighted by atomic mass is 10.2. The molecule has 0 amide bonds. The van der Waals surface area contributed by atoms with E-state index in [0.717, 1.165) is 17.7 Å². The van der Waals surface area contributed by atoms with E-state index in [0.29, 0.717) is 18.3 Å². The molecule has 0 unspecified atom stereocenters. The van der Waals surface area contributed by atoms with Crippen LogP contribution in [-0.2, 0) is 23.0 Å². The average molecular weight is 308 g/mol. The van der Waals surface area contributed by atoms with E-state index in [1.165, 1.54) is 11.4 Å².